The van der Waals surface area contributed by atoms with Gasteiger partial charge in [-0.3, -0.25) is 9.78 Å². The van der Waals surface area contributed by atoms with Gasteiger partial charge in [-0.1, -0.05) is 24.3 Å². The summed E-state index contributed by atoms with van der Waals surface area (Å²) in [5.74, 6) is 0.841. The molecule has 7 nitrogen and oxygen atoms in total. The van der Waals surface area contributed by atoms with E-state index in [9.17, 15) is 9.18 Å². The van der Waals surface area contributed by atoms with E-state index in [1.807, 2.05) is 24.3 Å². The third-order valence-corrected chi connectivity index (χ3v) is 4.14. The van der Waals surface area contributed by atoms with E-state index in [0.29, 0.717) is 25.3 Å². The number of benzene rings is 2. The molecule has 0 radical (unpaired) electrons. The molecule has 4 rings (SSSR count). The average molecular weight is 364 g/mol. The van der Waals surface area contributed by atoms with Gasteiger partial charge in [-0.05, 0) is 29.8 Å². The fourth-order valence-electron chi connectivity index (χ4n) is 2.77. The lowest BCUT2D eigenvalue weighted by atomic mass is 10.1. The molecule has 2 aromatic carbocycles. The second kappa shape index (κ2) is 7.36. The van der Waals surface area contributed by atoms with Crippen molar-refractivity contribution in [3.63, 3.8) is 0 Å². The number of aromatic nitrogens is 5. The van der Waals surface area contributed by atoms with Gasteiger partial charge in [0.05, 0.1) is 11.0 Å². The molecule has 0 spiro atoms. The molecular formula is C19H17FN6O. The topological polar surface area (TPSA) is 99.3 Å². The van der Waals surface area contributed by atoms with Crippen molar-refractivity contribution in [1.82, 2.24) is 25.1 Å². The van der Waals surface area contributed by atoms with Crippen LogP contribution in [-0.4, -0.2) is 31.7 Å². The molecule has 2 heterocycles. The van der Waals surface area contributed by atoms with Gasteiger partial charge in [-0.2, -0.15) is 0 Å². The molecule has 136 valence electrons. The Morgan fingerprint density at radius 1 is 1.00 bits per heavy atom. The summed E-state index contributed by atoms with van der Waals surface area (Å²) in [6, 6.07) is 13.8. The summed E-state index contributed by atoms with van der Waals surface area (Å²) in [7, 11) is 0. The normalized spacial score (nSPS) is 11.0. The average Bonchev–Trinajstić information content (AvgIpc) is 3.08. The van der Waals surface area contributed by atoms with E-state index in [1.165, 1.54) is 12.1 Å². The monoisotopic (exact) mass is 364 g/mol. The van der Waals surface area contributed by atoms with Gasteiger partial charge in [0.1, 0.15) is 17.3 Å². The number of hydrogen-bond donors (Lipinski definition) is 3. The minimum absolute atomic E-state index is 0.282. The zero-order chi connectivity index (χ0) is 18.6. The predicted octanol–water partition coefficient (Wildman–Crippen LogP) is 2.43. The quantitative estimate of drug-likeness (QED) is 0.488. The van der Waals surface area contributed by atoms with Gasteiger partial charge in [0.15, 0.2) is 0 Å². The number of imidazole rings is 1. The highest BCUT2D eigenvalue weighted by molar-refractivity contribution is 5.74. The van der Waals surface area contributed by atoms with Crippen LogP contribution in [0.4, 0.5) is 10.3 Å². The lowest BCUT2D eigenvalue weighted by molar-refractivity contribution is 0.627. The highest BCUT2D eigenvalue weighted by Gasteiger charge is 2.07. The number of nitrogens with one attached hydrogen (secondary N) is 3. The molecule has 0 saturated carbocycles. The first-order chi connectivity index (χ1) is 13.2. The van der Waals surface area contributed by atoms with Crippen LogP contribution >= 0.6 is 0 Å². The maximum Gasteiger partial charge on any atom is 0.274 e. The molecule has 0 bridgehead atoms. The summed E-state index contributed by atoms with van der Waals surface area (Å²) in [5, 5.41) is 11.0. The Hall–Kier alpha value is -3.55. The highest BCUT2D eigenvalue weighted by atomic mass is 19.1. The van der Waals surface area contributed by atoms with E-state index in [-0.39, 0.29) is 17.1 Å². The van der Waals surface area contributed by atoms with Crippen LogP contribution in [0.1, 0.15) is 17.1 Å². The van der Waals surface area contributed by atoms with Crippen molar-refractivity contribution in [1.29, 1.82) is 0 Å². The van der Waals surface area contributed by atoms with Crippen LogP contribution in [-0.2, 0) is 12.8 Å². The molecule has 4 aromatic rings. The van der Waals surface area contributed by atoms with Gasteiger partial charge in [-0.15, -0.1) is 10.2 Å². The number of nitrogens with zero attached hydrogens (tertiary/aromatic N) is 3. The molecule has 8 heteroatoms. The minimum Gasteiger partial charge on any atom is -0.354 e. The molecule has 0 aliphatic carbocycles. The standard InChI is InChI=1S/C19H17FN6O/c20-13-7-5-12(6-8-13)11-16-18(27)24-19(26-25-16)21-10-9-17-22-14-3-1-2-4-15(14)23-17/h1-8H,9-11H2,(H,22,23)(H2,21,24,26,27). The summed E-state index contributed by atoms with van der Waals surface area (Å²) < 4.78 is 12.9. The summed E-state index contributed by atoms with van der Waals surface area (Å²) >= 11 is 0. The molecule has 0 amide bonds. The number of aromatic amines is 2. The lowest BCUT2D eigenvalue weighted by Gasteiger charge is -2.04. The van der Waals surface area contributed by atoms with Gasteiger partial charge in [0, 0.05) is 19.4 Å². The van der Waals surface area contributed by atoms with Gasteiger partial charge < -0.3 is 10.3 Å². The molecular weight excluding hydrogens is 347 g/mol. The third kappa shape index (κ3) is 4.00. The van der Waals surface area contributed by atoms with E-state index in [1.54, 1.807) is 12.1 Å². The van der Waals surface area contributed by atoms with Crippen molar-refractivity contribution in [2.24, 2.45) is 0 Å². The number of halogens is 1. The predicted molar refractivity (Wildman–Crippen MR) is 100 cm³/mol. The van der Waals surface area contributed by atoms with E-state index < -0.39 is 0 Å². The Labute approximate surface area is 153 Å². The second-order valence-electron chi connectivity index (χ2n) is 6.13. The van der Waals surface area contributed by atoms with Gasteiger partial charge in [-0.25, -0.2) is 9.37 Å². The third-order valence-electron chi connectivity index (χ3n) is 4.14. The van der Waals surface area contributed by atoms with E-state index in [2.05, 4.69) is 30.5 Å². The van der Waals surface area contributed by atoms with Crippen molar-refractivity contribution >= 4 is 17.0 Å². The smallest absolute Gasteiger partial charge is 0.274 e. The number of anilines is 1. The van der Waals surface area contributed by atoms with Crippen molar-refractivity contribution in [3.05, 3.63) is 81.8 Å². The first kappa shape index (κ1) is 16.9. The first-order valence-corrected chi connectivity index (χ1v) is 8.55. The van der Waals surface area contributed by atoms with Crippen molar-refractivity contribution in [2.45, 2.75) is 12.8 Å². The number of H-pyrrole nitrogens is 2. The van der Waals surface area contributed by atoms with Gasteiger partial charge >= 0.3 is 0 Å². The fourth-order valence-corrected chi connectivity index (χ4v) is 2.77. The zero-order valence-corrected chi connectivity index (χ0v) is 14.4. The molecule has 0 saturated heterocycles. The number of para-hydroxylation sites is 2. The van der Waals surface area contributed by atoms with Crippen molar-refractivity contribution in [2.75, 3.05) is 11.9 Å². The van der Waals surface area contributed by atoms with E-state index >= 15 is 0 Å². The molecule has 0 unspecified atom stereocenters. The van der Waals surface area contributed by atoms with Crippen LogP contribution < -0.4 is 10.9 Å². The number of rotatable bonds is 6. The number of hydrogen-bond acceptors (Lipinski definition) is 5. The van der Waals surface area contributed by atoms with Crippen LogP contribution in [0.25, 0.3) is 11.0 Å². The second-order valence-corrected chi connectivity index (χ2v) is 6.13. The summed E-state index contributed by atoms with van der Waals surface area (Å²) in [6.07, 6.45) is 0.942. The largest absolute Gasteiger partial charge is 0.354 e. The van der Waals surface area contributed by atoms with Crippen LogP contribution in [0.2, 0.25) is 0 Å². The number of fused-ring (bicyclic) bond motifs is 1. The maximum absolute atomic E-state index is 12.9. The fraction of sp³-hybridized carbons (Fsp3) is 0.158. The Balaban J connectivity index is 1.37. The van der Waals surface area contributed by atoms with Crippen LogP contribution in [0, 0.1) is 5.82 Å². The highest BCUT2D eigenvalue weighted by Crippen LogP contribution is 2.10. The summed E-state index contributed by atoms with van der Waals surface area (Å²) in [4.78, 5) is 22.6. The first-order valence-electron chi connectivity index (χ1n) is 8.55. The molecule has 0 fully saturated rings. The maximum atomic E-state index is 12.9. The lowest BCUT2D eigenvalue weighted by Crippen LogP contribution is -2.20. The zero-order valence-electron chi connectivity index (χ0n) is 14.4. The van der Waals surface area contributed by atoms with E-state index in [4.69, 9.17) is 0 Å². The Bertz CT molecular complexity index is 1090. The molecule has 0 atom stereocenters. The van der Waals surface area contributed by atoms with Crippen molar-refractivity contribution in [3.8, 4) is 0 Å². The van der Waals surface area contributed by atoms with Gasteiger partial charge in [0.25, 0.3) is 5.56 Å². The Kier molecular flexibility index (Phi) is 4.61. The molecule has 0 aliphatic rings. The van der Waals surface area contributed by atoms with Crippen LogP contribution in [0.3, 0.4) is 0 Å². The van der Waals surface area contributed by atoms with Crippen LogP contribution in [0.15, 0.2) is 53.3 Å². The summed E-state index contributed by atoms with van der Waals surface area (Å²) in [5.41, 5.74) is 2.67. The molecule has 27 heavy (non-hydrogen) atoms. The minimum atomic E-state index is -0.319. The van der Waals surface area contributed by atoms with Gasteiger partial charge in [0.2, 0.25) is 5.95 Å². The Morgan fingerprint density at radius 2 is 1.81 bits per heavy atom. The van der Waals surface area contributed by atoms with Crippen molar-refractivity contribution < 1.29 is 4.39 Å². The molecule has 2 aromatic heterocycles. The SMILES string of the molecule is O=c1[nH]c(NCCc2nc3ccccc3[nH]2)nnc1Cc1ccc(F)cc1. The Morgan fingerprint density at radius 3 is 2.59 bits per heavy atom. The molecule has 3 N–H and O–H groups in total. The summed E-state index contributed by atoms with van der Waals surface area (Å²) in [6.45, 7) is 0.543. The molecule has 0 aliphatic heterocycles. The van der Waals surface area contributed by atoms with E-state index in [0.717, 1.165) is 22.4 Å². The van der Waals surface area contributed by atoms with Crippen LogP contribution in [0.5, 0.6) is 0 Å².